The lowest BCUT2D eigenvalue weighted by atomic mass is 10.2. The first kappa shape index (κ1) is 14.0. The van der Waals surface area contributed by atoms with Crippen LogP contribution in [0.2, 0.25) is 10.0 Å². The van der Waals surface area contributed by atoms with E-state index in [2.05, 4.69) is 8.73 Å². The summed E-state index contributed by atoms with van der Waals surface area (Å²) >= 11 is 12.7. The normalized spacial score (nSPS) is 12.3. The third kappa shape index (κ3) is 2.01. The molecule has 0 atom stereocenters. The topological polar surface area (TPSA) is 99.8 Å². The molecule has 7 nitrogen and oxygen atoms in total. The van der Waals surface area contributed by atoms with Crippen LogP contribution in [0.4, 0.5) is 15.8 Å². The van der Waals surface area contributed by atoms with Gasteiger partial charge in [0.05, 0.1) is 21.4 Å². The maximum Gasteiger partial charge on any atom is 0.336 e. The number of aromatic hydroxyl groups is 1. The fraction of sp³-hybridized carbons (Fsp3) is 0. The molecule has 2 aromatic rings. The minimum absolute atomic E-state index is 0.0657. The number of nitrogens with one attached hydrogen (secondary N) is 1. The molecular formula is C10H3Cl2FN4O3S. The Morgan fingerprint density at radius 2 is 1.90 bits per heavy atom. The SMILES string of the molecule is O=c1[nH]c(=O)n(-c2c(Cl)cc(Cl)c3c2N=S=N3)c(O)c1F. The fourth-order valence-corrected chi connectivity index (χ4v) is 2.98. The molecule has 0 saturated heterocycles. The van der Waals surface area contributed by atoms with Gasteiger partial charge in [-0.2, -0.15) is 13.1 Å². The highest BCUT2D eigenvalue weighted by atomic mass is 35.5. The van der Waals surface area contributed by atoms with Gasteiger partial charge in [-0.15, -0.1) is 0 Å². The van der Waals surface area contributed by atoms with Crippen molar-refractivity contribution < 1.29 is 9.50 Å². The summed E-state index contributed by atoms with van der Waals surface area (Å²) in [6, 6.07) is 1.27. The van der Waals surface area contributed by atoms with Crippen molar-refractivity contribution in [3.05, 3.63) is 42.8 Å². The van der Waals surface area contributed by atoms with E-state index < -0.39 is 22.9 Å². The second-order valence-corrected chi connectivity index (χ2v) is 5.23. The molecule has 21 heavy (non-hydrogen) atoms. The summed E-state index contributed by atoms with van der Waals surface area (Å²) in [7, 11) is 0. The third-order valence-electron chi connectivity index (χ3n) is 2.67. The maximum absolute atomic E-state index is 13.5. The van der Waals surface area contributed by atoms with Gasteiger partial charge in [-0.05, 0) is 6.07 Å². The molecule has 0 unspecified atom stereocenters. The average Bonchev–Trinajstić information content (AvgIpc) is 2.89. The molecule has 0 bridgehead atoms. The van der Waals surface area contributed by atoms with Gasteiger partial charge in [-0.25, -0.2) is 9.36 Å². The Kier molecular flexibility index (Phi) is 3.19. The highest BCUT2D eigenvalue weighted by Crippen LogP contribution is 2.46. The minimum atomic E-state index is -1.52. The zero-order valence-electron chi connectivity index (χ0n) is 9.72. The van der Waals surface area contributed by atoms with Gasteiger partial charge in [0.25, 0.3) is 5.56 Å². The number of nitrogens with zero attached hydrogens (tertiary/aromatic N) is 3. The molecule has 0 radical (unpaired) electrons. The molecule has 1 aromatic heterocycles. The first-order valence-electron chi connectivity index (χ1n) is 5.26. The molecule has 3 rings (SSSR count). The summed E-state index contributed by atoms with van der Waals surface area (Å²) in [5, 5.41) is 9.85. The average molecular weight is 349 g/mol. The van der Waals surface area contributed by atoms with Crippen LogP contribution >= 0.6 is 23.2 Å². The van der Waals surface area contributed by atoms with E-state index in [0.29, 0.717) is 4.57 Å². The van der Waals surface area contributed by atoms with Crippen LogP contribution in [0.1, 0.15) is 0 Å². The van der Waals surface area contributed by atoms with Crippen molar-refractivity contribution in [2.75, 3.05) is 0 Å². The van der Waals surface area contributed by atoms with Crippen LogP contribution in [0, 0.1) is 5.82 Å². The Balaban J connectivity index is 2.47. The second kappa shape index (κ2) is 4.79. The zero-order valence-corrected chi connectivity index (χ0v) is 12.1. The fourth-order valence-electron chi connectivity index (χ4n) is 1.79. The van der Waals surface area contributed by atoms with E-state index in [1.807, 2.05) is 0 Å². The smallest absolute Gasteiger partial charge is 0.336 e. The number of aromatic nitrogens is 2. The van der Waals surface area contributed by atoms with Crippen LogP contribution in [-0.2, 0) is 11.4 Å². The summed E-state index contributed by atoms with van der Waals surface area (Å²) in [5.41, 5.74) is -2.20. The molecule has 0 amide bonds. The third-order valence-corrected chi connectivity index (χ3v) is 3.78. The predicted molar refractivity (Wildman–Crippen MR) is 75.8 cm³/mol. The molecule has 0 fully saturated rings. The number of H-pyrrole nitrogens is 1. The number of aromatic amines is 1. The number of benzene rings is 1. The van der Waals surface area contributed by atoms with Gasteiger partial charge >= 0.3 is 5.69 Å². The quantitative estimate of drug-likeness (QED) is 0.706. The first-order chi connectivity index (χ1) is 9.91. The Labute approximate surface area is 128 Å². The summed E-state index contributed by atoms with van der Waals surface area (Å²) in [5.74, 6) is -2.70. The Morgan fingerprint density at radius 3 is 2.62 bits per heavy atom. The highest BCUT2D eigenvalue weighted by Gasteiger charge is 2.25. The van der Waals surface area contributed by atoms with Gasteiger partial charge in [0.2, 0.25) is 11.7 Å². The molecule has 2 heterocycles. The minimum Gasteiger partial charge on any atom is -0.492 e. The molecule has 0 aliphatic carbocycles. The largest absolute Gasteiger partial charge is 0.492 e. The van der Waals surface area contributed by atoms with E-state index in [1.165, 1.54) is 6.07 Å². The highest BCUT2D eigenvalue weighted by molar-refractivity contribution is 7.58. The second-order valence-electron chi connectivity index (χ2n) is 3.88. The van der Waals surface area contributed by atoms with Gasteiger partial charge in [0.15, 0.2) is 0 Å². The van der Waals surface area contributed by atoms with Crippen LogP contribution < -0.4 is 11.2 Å². The van der Waals surface area contributed by atoms with Crippen LogP contribution in [0.3, 0.4) is 0 Å². The van der Waals surface area contributed by atoms with Crippen molar-refractivity contribution in [1.82, 2.24) is 9.55 Å². The molecular weight excluding hydrogens is 346 g/mol. The van der Waals surface area contributed by atoms with Crippen molar-refractivity contribution in [1.29, 1.82) is 0 Å². The Morgan fingerprint density at radius 1 is 1.24 bits per heavy atom. The monoisotopic (exact) mass is 348 g/mol. The summed E-state index contributed by atoms with van der Waals surface area (Å²) < 4.78 is 21.9. The lowest BCUT2D eigenvalue weighted by Crippen LogP contribution is -2.31. The van der Waals surface area contributed by atoms with E-state index in [9.17, 15) is 19.1 Å². The van der Waals surface area contributed by atoms with E-state index in [1.54, 1.807) is 4.98 Å². The number of fused-ring (bicyclic) bond motifs is 1. The standard InChI is InChI=1S/C10H3Cl2FN4O3S/c11-2-1-3(12)7(6-5(2)15-21-16-6)17-9(19)4(13)8(18)14-10(17)20/h1,19H,(H,14,18,20). The van der Waals surface area contributed by atoms with Gasteiger partial charge in [0.1, 0.15) is 17.1 Å². The Hall–Kier alpha value is -1.97. The van der Waals surface area contributed by atoms with E-state index in [0.717, 1.165) is 11.4 Å². The van der Waals surface area contributed by atoms with Gasteiger partial charge in [0, 0.05) is 0 Å². The number of rotatable bonds is 1. The van der Waals surface area contributed by atoms with E-state index in [-0.39, 0.29) is 27.1 Å². The van der Waals surface area contributed by atoms with E-state index in [4.69, 9.17) is 23.2 Å². The van der Waals surface area contributed by atoms with Crippen LogP contribution in [0.25, 0.3) is 5.69 Å². The van der Waals surface area contributed by atoms with Crippen LogP contribution in [0.5, 0.6) is 5.88 Å². The lowest BCUT2D eigenvalue weighted by molar-refractivity contribution is 0.386. The maximum atomic E-state index is 13.5. The van der Waals surface area contributed by atoms with E-state index >= 15 is 0 Å². The van der Waals surface area contributed by atoms with Crippen LogP contribution in [0.15, 0.2) is 24.4 Å². The lowest BCUT2D eigenvalue weighted by Gasteiger charge is -2.12. The number of hydrogen-bond acceptors (Lipinski definition) is 5. The number of halogens is 3. The molecule has 1 aliphatic heterocycles. The first-order valence-corrected chi connectivity index (χ1v) is 6.75. The Bertz CT molecular complexity index is 978. The van der Waals surface area contributed by atoms with Crippen molar-refractivity contribution in [2.45, 2.75) is 0 Å². The molecule has 0 spiro atoms. The molecule has 0 saturated carbocycles. The van der Waals surface area contributed by atoms with Crippen molar-refractivity contribution in [2.24, 2.45) is 8.73 Å². The zero-order chi connectivity index (χ0) is 15.3. The summed E-state index contributed by atoms with van der Waals surface area (Å²) in [4.78, 5) is 24.7. The molecule has 108 valence electrons. The number of hydrogen-bond donors (Lipinski definition) is 2. The summed E-state index contributed by atoms with van der Waals surface area (Å²) in [6.07, 6.45) is 0. The van der Waals surface area contributed by atoms with Gasteiger partial charge in [-0.1, -0.05) is 23.2 Å². The molecule has 1 aromatic carbocycles. The summed E-state index contributed by atoms with van der Waals surface area (Å²) in [6.45, 7) is 0. The molecule has 1 aliphatic rings. The van der Waals surface area contributed by atoms with Crippen molar-refractivity contribution in [3.63, 3.8) is 0 Å². The molecule has 11 heteroatoms. The van der Waals surface area contributed by atoms with Crippen molar-refractivity contribution >= 4 is 45.9 Å². The van der Waals surface area contributed by atoms with Gasteiger partial charge < -0.3 is 5.11 Å². The van der Waals surface area contributed by atoms with Crippen molar-refractivity contribution in [3.8, 4) is 11.6 Å². The predicted octanol–water partition coefficient (Wildman–Crippen LogP) is 2.40. The molecule has 2 N–H and O–H groups in total. The van der Waals surface area contributed by atoms with Crippen LogP contribution in [-0.4, -0.2) is 14.7 Å². The van der Waals surface area contributed by atoms with Gasteiger partial charge in [-0.3, -0.25) is 9.78 Å².